The Hall–Kier alpha value is -1.83. The van der Waals surface area contributed by atoms with Gasteiger partial charge in [0.05, 0.1) is 5.69 Å². The molecule has 2 aromatic carbocycles. The lowest BCUT2D eigenvalue weighted by atomic mass is 9.91. The zero-order chi connectivity index (χ0) is 13.2. The lowest BCUT2D eigenvalue weighted by molar-refractivity contribution is 0.627. The van der Waals surface area contributed by atoms with Crippen molar-refractivity contribution in [3.8, 4) is 0 Å². The van der Waals surface area contributed by atoms with E-state index in [0.717, 1.165) is 12.1 Å². The van der Waals surface area contributed by atoms with Crippen LogP contribution in [0.2, 0.25) is 0 Å². The molecule has 2 aromatic rings. The number of hydrogen-bond donors (Lipinski definition) is 0. The third kappa shape index (κ3) is 2.35. The second kappa shape index (κ2) is 5.04. The van der Waals surface area contributed by atoms with Crippen LogP contribution in [0.15, 0.2) is 42.5 Å². The Balaban J connectivity index is 1.96. The Bertz CT molecular complexity index is 592. The first-order valence-corrected chi connectivity index (χ1v) is 6.86. The van der Waals surface area contributed by atoms with E-state index in [1.165, 1.54) is 36.5 Å². The molecular formula is C17H18FN. The monoisotopic (exact) mass is 255 g/mol. The standard InChI is InChI=1S/C17H18FN/c1-19(17-9-5-4-8-16(17)18)15-11-10-13-6-2-3-7-14(13)12-15/h4-5,8-12H,2-3,6-7H2,1H3. The smallest absolute Gasteiger partial charge is 0.146 e. The summed E-state index contributed by atoms with van der Waals surface area (Å²) in [6, 6.07) is 13.4. The SMILES string of the molecule is CN(c1ccc2c(c1)CCCC2)c1ccccc1F. The minimum absolute atomic E-state index is 0.178. The summed E-state index contributed by atoms with van der Waals surface area (Å²) in [5.74, 6) is -0.178. The molecule has 1 nitrogen and oxygen atoms in total. The highest BCUT2D eigenvalue weighted by atomic mass is 19.1. The zero-order valence-electron chi connectivity index (χ0n) is 11.2. The molecule has 0 saturated heterocycles. The molecule has 98 valence electrons. The number of fused-ring (bicyclic) bond motifs is 1. The van der Waals surface area contributed by atoms with Gasteiger partial charge in [-0.25, -0.2) is 4.39 Å². The normalized spacial score (nSPS) is 14.0. The van der Waals surface area contributed by atoms with Crippen LogP contribution in [0.5, 0.6) is 0 Å². The van der Waals surface area contributed by atoms with Crippen LogP contribution in [0.3, 0.4) is 0 Å². The molecule has 0 bridgehead atoms. The van der Waals surface area contributed by atoms with Gasteiger partial charge >= 0.3 is 0 Å². The number of benzene rings is 2. The number of anilines is 2. The number of aryl methyl sites for hydroxylation is 2. The predicted octanol–water partition coefficient (Wildman–Crippen LogP) is 4.47. The van der Waals surface area contributed by atoms with Crippen LogP contribution in [0, 0.1) is 5.82 Å². The van der Waals surface area contributed by atoms with Crippen LogP contribution in [0.25, 0.3) is 0 Å². The molecule has 0 radical (unpaired) electrons. The number of rotatable bonds is 2. The molecular weight excluding hydrogens is 237 g/mol. The summed E-state index contributed by atoms with van der Waals surface area (Å²) in [4.78, 5) is 1.92. The van der Waals surface area contributed by atoms with E-state index in [-0.39, 0.29) is 5.82 Å². The third-order valence-corrected chi connectivity index (χ3v) is 3.93. The maximum Gasteiger partial charge on any atom is 0.146 e. The molecule has 0 N–H and O–H groups in total. The number of hydrogen-bond acceptors (Lipinski definition) is 1. The topological polar surface area (TPSA) is 3.24 Å². The van der Waals surface area contributed by atoms with E-state index in [1.54, 1.807) is 6.07 Å². The van der Waals surface area contributed by atoms with Gasteiger partial charge in [0.1, 0.15) is 5.82 Å². The summed E-state index contributed by atoms with van der Waals surface area (Å²) in [6.45, 7) is 0. The highest BCUT2D eigenvalue weighted by Gasteiger charge is 2.13. The van der Waals surface area contributed by atoms with Crippen LogP contribution < -0.4 is 4.90 Å². The van der Waals surface area contributed by atoms with Gasteiger partial charge in [0.2, 0.25) is 0 Å². The van der Waals surface area contributed by atoms with Crippen molar-refractivity contribution in [2.45, 2.75) is 25.7 Å². The van der Waals surface area contributed by atoms with Gasteiger partial charge in [-0.3, -0.25) is 0 Å². The van der Waals surface area contributed by atoms with Crippen molar-refractivity contribution in [1.29, 1.82) is 0 Å². The molecule has 0 heterocycles. The van der Waals surface area contributed by atoms with E-state index in [2.05, 4.69) is 18.2 Å². The molecule has 0 amide bonds. The second-order valence-corrected chi connectivity index (χ2v) is 5.17. The van der Waals surface area contributed by atoms with Crippen molar-refractivity contribution in [3.63, 3.8) is 0 Å². The summed E-state index contributed by atoms with van der Waals surface area (Å²) >= 11 is 0. The fourth-order valence-corrected chi connectivity index (χ4v) is 2.79. The fourth-order valence-electron chi connectivity index (χ4n) is 2.79. The summed E-state index contributed by atoms with van der Waals surface area (Å²) in [6.07, 6.45) is 4.88. The molecule has 0 saturated carbocycles. The molecule has 3 rings (SSSR count). The maximum absolute atomic E-state index is 13.8. The van der Waals surface area contributed by atoms with Crippen molar-refractivity contribution in [3.05, 3.63) is 59.4 Å². The summed E-state index contributed by atoms with van der Waals surface area (Å²) < 4.78 is 13.8. The molecule has 0 aliphatic heterocycles. The summed E-state index contributed by atoms with van der Waals surface area (Å²) in [7, 11) is 1.92. The van der Waals surface area contributed by atoms with Crippen molar-refractivity contribution >= 4 is 11.4 Å². The summed E-state index contributed by atoms with van der Waals surface area (Å²) in [5, 5.41) is 0. The first kappa shape index (κ1) is 12.2. The molecule has 2 heteroatoms. The van der Waals surface area contributed by atoms with E-state index < -0.39 is 0 Å². The second-order valence-electron chi connectivity index (χ2n) is 5.17. The molecule has 0 atom stereocenters. The number of para-hydroxylation sites is 1. The highest BCUT2D eigenvalue weighted by molar-refractivity contribution is 5.64. The van der Waals surface area contributed by atoms with Crippen molar-refractivity contribution in [2.24, 2.45) is 0 Å². The van der Waals surface area contributed by atoms with E-state index in [9.17, 15) is 4.39 Å². The molecule has 1 aliphatic rings. The number of halogens is 1. The van der Waals surface area contributed by atoms with E-state index >= 15 is 0 Å². The van der Waals surface area contributed by atoms with Crippen LogP contribution in [-0.2, 0) is 12.8 Å². The third-order valence-electron chi connectivity index (χ3n) is 3.93. The molecule has 0 spiro atoms. The van der Waals surface area contributed by atoms with E-state index in [4.69, 9.17) is 0 Å². The highest BCUT2D eigenvalue weighted by Crippen LogP contribution is 2.30. The Morgan fingerprint density at radius 3 is 2.47 bits per heavy atom. The molecule has 0 aromatic heterocycles. The average molecular weight is 255 g/mol. The average Bonchev–Trinajstić information content (AvgIpc) is 2.46. The van der Waals surface area contributed by atoms with E-state index in [0.29, 0.717) is 5.69 Å². The predicted molar refractivity (Wildman–Crippen MR) is 77.5 cm³/mol. The molecule has 0 fully saturated rings. The number of nitrogens with zero attached hydrogens (tertiary/aromatic N) is 1. The van der Waals surface area contributed by atoms with Crippen LogP contribution in [0.1, 0.15) is 24.0 Å². The lowest BCUT2D eigenvalue weighted by Gasteiger charge is -2.23. The Kier molecular flexibility index (Phi) is 3.24. The van der Waals surface area contributed by atoms with Gasteiger partial charge in [0.25, 0.3) is 0 Å². The Labute approximate surface area is 113 Å². The molecule has 1 aliphatic carbocycles. The maximum atomic E-state index is 13.8. The molecule has 0 unspecified atom stereocenters. The van der Waals surface area contributed by atoms with Crippen LogP contribution in [0.4, 0.5) is 15.8 Å². The van der Waals surface area contributed by atoms with E-state index in [1.807, 2.05) is 24.1 Å². The minimum Gasteiger partial charge on any atom is -0.342 e. The van der Waals surface area contributed by atoms with Gasteiger partial charge in [-0.2, -0.15) is 0 Å². The Morgan fingerprint density at radius 2 is 1.68 bits per heavy atom. The van der Waals surface area contributed by atoms with Gasteiger partial charge in [-0.1, -0.05) is 18.2 Å². The van der Waals surface area contributed by atoms with Crippen LogP contribution in [-0.4, -0.2) is 7.05 Å². The first-order valence-electron chi connectivity index (χ1n) is 6.86. The zero-order valence-corrected chi connectivity index (χ0v) is 11.2. The quantitative estimate of drug-likeness (QED) is 0.765. The van der Waals surface area contributed by atoms with Gasteiger partial charge in [-0.05, 0) is 61.1 Å². The fraction of sp³-hybridized carbons (Fsp3) is 0.294. The first-order chi connectivity index (χ1) is 9.25. The Morgan fingerprint density at radius 1 is 0.947 bits per heavy atom. The van der Waals surface area contributed by atoms with Crippen molar-refractivity contribution in [1.82, 2.24) is 0 Å². The van der Waals surface area contributed by atoms with Crippen LogP contribution >= 0.6 is 0 Å². The van der Waals surface area contributed by atoms with Crippen molar-refractivity contribution < 1.29 is 4.39 Å². The van der Waals surface area contributed by atoms with Gasteiger partial charge < -0.3 is 4.90 Å². The summed E-state index contributed by atoms with van der Waals surface area (Å²) in [5.41, 5.74) is 4.56. The van der Waals surface area contributed by atoms with Gasteiger partial charge in [-0.15, -0.1) is 0 Å². The largest absolute Gasteiger partial charge is 0.342 e. The minimum atomic E-state index is -0.178. The lowest BCUT2D eigenvalue weighted by Crippen LogP contribution is -2.12. The molecule has 19 heavy (non-hydrogen) atoms. The van der Waals surface area contributed by atoms with Gasteiger partial charge in [0.15, 0.2) is 0 Å². The van der Waals surface area contributed by atoms with Gasteiger partial charge in [0, 0.05) is 12.7 Å². The van der Waals surface area contributed by atoms with Crippen molar-refractivity contribution in [2.75, 3.05) is 11.9 Å².